The summed E-state index contributed by atoms with van der Waals surface area (Å²) in [6, 6.07) is 15.8. The summed E-state index contributed by atoms with van der Waals surface area (Å²) < 4.78 is 12.8. The molecule has 0 atom stereocenters. The molecule has 3 rings (SSSR count). The van der Waals surface area contributed by atoms with E-state index in [1.54, 1.807) is 14.2 Å². The average Bonchev–Trinajstić information content (AvgIpc) is 2.86. The first-order valence-electron chi connectivity index (χ1n) is 13.4. The third kappa shape index (κ3) is 5.77. The predicted molar refractivity (Wildman–Crippen MR) is 164 cm³/mol. The Labute approximate surface area is 233 Å². The Kier molecular flexibility index (Phi) is 9.91. The van der Waals surface area contributed by atoms with Gasteiger partial charge in [-0.1, -0.05) is 85.2 Å². The zero-order valence-electron chi connectivity index (χ0n) is 23.6. The average molecular weight is 599 g/mol. The van der Waals surface area contributed by atoms with Gasteiger partial charge in [0.05, 0.1) is 17.8 Å². The molecule has 0 amide bonds. The van der Waals surface area contributed by atoms with Crippen LogP contribution in [0.2, 0.25) is 0 Å². The van der Waals surface area contributed by atoms with Crippen LogP contribution in [0.1, 0.15) is 101 Å². The lowest BCUT2D eigenvalue weighted by molar-refractivity contribution is 0.402. The van der Waals surface area contributed by atoms with E-state index < -0.39 is 0 Å². The van der Waals surface area contributed by atoms with Crippen LogP contribution >= 0.6 is 22.6 Å². The fraction of sp³-hybridized carbons (Fsp3) is 0.455. The van der Waals surface area contributed by atoms with Crippen molar-refractivity contribution < 1.29 is 9.47 Å². The Hall–Kier alpha value is -2.01. The van der Waals surface area contributed by atoms with Crippen molar-refractivity contribution in [1.29, 1.82) is 0 Å². The van der Waals surface area contributed by atoms with Gasteiger partial charge in [-0.3, -0.25) is 0 Å². The molecule has 0 fully saturated rings. The lowest BCUT2D eigenvalue weighted by Crippen LogP contribution is -2.09. The van der Waals surface area contributed by atoms with Gasteiger partial charge in [0.2, 0.25) is 0 Å². The predicted octanol–water partition coefficient (Wildman–Crippen LogP) is 10.4. The van der Waals surface area contributed by atoms with E-state index in [0.29, 0.717) is 17.8 Å². The first kappa shape index (κ1) is 28.6. The largest absolute Gasteiger partial charge is 0.496 e. The summed E-state index contributed by atoms with van der Waals surface area (Å²) >= 11 is 2.43. The number of rotatable bonds is 10. The van der Waals surface area contributed by atoms with Crippen LogP contribution in [0, 0.1) is 3.57 Å². The second kappa shape index (κ2) is 12.5. The molecule has 0 aromatic heterocycles. The minimum absolute atomic E-state index is 0.331. The van der Waals surface area contributed by atoms with Crippen LogP contribution in [0.5, 0.6) is 11.5 Å². The van der Waals surface area contributed by atoms with E-state index in [9.17, 15) is 0 Å². The van der Waals surface area contributed by atoms with Crippen molar-refractivity contribution in [2.45, 2.75) is 85.5 Å². The molecule has 0 heterocycles. The topological polar surface area (TPSA) is 18.5 Å². The van der Waals surface area contributed by atoms with Gasteiger partial charge in [-0.15, -0.1) is 0 Å². The molecule has 0 aliphatic heterocycles. The maximum absolute atomic E-state index is 5.97. The summed E-state index contributed by atoms with van der Waals surface area (Å²) in [5, 5.41) is 0. The fourth-order valence-corrected chi connectivity index (χ4v) is 6.09. The van der Waals surface area contributed by atoms with Gasteiger partial charge in [0, 0.05) is 5.56 Å². The molecule has 0 radical (unpaired) electrons. The van der Waals surface area contributed by atoms with Crippen LogP contribution in [0.4, 0.5) is 0 Å². The SMILES string of the molecule is CCCCc1ccc(-c2c(C(C)C)cc(C(C)C)c(-c3c(OC)ccc(OC)c3I)c2C(C)C)cc1. The zero-order chi connectivity index (χ0) is 26.6. The molecule has 2 nitrogen and oxygen atoms in total. The van der Waals surface area contributed by atoms with Crippen molar-refractivity contribution in [2.75, 3.05) is 14.2 Å². The molecule has 3 heteroatoms. The summed E-state index contributed by atoms with van der Waals surface area (Å²) in [6.07, 6.45) is 3.59. The van der Waals surface area contributed by atoms with Crippen molar-refractivity contribution in [1.82, 2.24) is 0 Å². The molecule has 194 valence electrons. The minimum atomic E-state index is 0.331. The summed E-state index contributed by atoms with van der Waals surface area (Å²) in [5.41, 5.74) is 10.7. The zero-order valence-corrected chi connectivity index (χ0v) is 25.7. The maximum atomic E-state index is 5.97. The molecule has 0 bridgehead atoms. The van der Waals surface area contributed by atoms with Gasteiger partial charge in [0.1, 0.15) is 11.5 Å². The highest BCUT2D eigenvalue weighted by atomic mass is 127. The molecule has 0 saturated carbocycles. The monoisotopic (exact) mass is 598 g/mol. The molecule has 36 heavy (non-hydrogen) atoms. The number of unbranched alkanes of at least 4 members (excludes halogenated alkanes) is 1. The Morgan fingerprint density at radius 3 is 1.75 bits per heavy atom. The van der Waals surface area contributed by atoms with Crippen molar-refractivity contribution >= 4 is 22.6 Å². The maximum Gasteiger partial charge on any atom is 0.133 e. The van der Waals surface area contributed by atoms with Gasteiger partial charge in [0.15, 0.2) is 0 Å². The Morgan fingerprint density at radius 2 is 1.25 bits per heavy atom. The van der Waals surface area contributed by atoms with Crippen molar-refractivity contribution in [2.24, 2.45) is 0 Å². The number of hydrogen-bond donors (Lipinski definition) is 0. The second-order valence-electron chi connectivity index (χ2n) is 10.6. The van der Waals surface area contributed by atoms with Crippen molar-refractivity contribution in [3.63, 3.8) is 0 Å². The molecule has 0 N–H and O–H groups in total. The Morgan fingerprint density at radius 1 is 0.694 bits per heavy atom. The highest BCUT2D eigenvalue weighted by Gasteiger charge is 2.28. The van der Waals surface area contributed by atoms with Crippen LogP contribution in [0.25, 0.3) is 22.3 Å². The number of methoxy groups -OCH3 is 2. The molecule has 0 aliphatic rings. The van der Waals surface area contributed by atoms with Gasteiger partial charge in [-0.25, -0.2) is 0 Å². The summed E-state index contributed by atoms with van der Waals surface area (Å²) in [7, 11) is 3.51. The van der Waals surface area contributed by atoms with E-state index >= 15 is 0 Å². The lowest BCUT2D eigenvalue weighted by atomic mass is 9.76. The number of hydrogen-bond acceptors (Lipinski definition) is 2. The van der Waals surface area contributed by atoms with E-state index in [0.717, 1.165) is 27.1 Å². The second-order valence-corrected chi connectivity index (χ2v) is 11.7. The van der Waals surface area contributed by atoms with Crippen LogP contribution < -0.4 is 9.47 Å². The summed E-state index contributed by atoms with van der Waals surface area (Å²) in [4.78, 5) is 0. The fourth-order valence-electron chi connectivity index (χ4n) is 5.16. The number of ether oxygens (including phenoxy) is 2. The van der Waals surface area contributed by atoms with Gasteiger partial charge < -0.3 is 9.47 Å². The third-order valence-corrected chi connectivity index (χ3v) is 8.14. The minimum Gasteiger partial charge on any atom is -0.496 e. The van der Waals surface area contributed by atoms with E-state index in [-0.39, 0.29) is 0 Å². The normalized spacial score (nSPS) is 11.6. The summed E-state index contributed by atoms with van der Waals surface area (Å²) in [6.45, 7) is 16.1. The first-order chi connectivity index (χ1) is 17.2. The van der Waals surface area contributed by atoms with Crippen LogP contribution in [0.3, 0.4) is 0 Å². The standard InChI is InChI=1S/C33H43IO2/c1-10-11-12-23-13-15-24(16-14-23)30-25(20(2)3)19-26(21(4)5)31(29(30)22(6)7)32-27(35-8)17-18-28(36-9)33(32)34/h13-22H,10-12H2,1-9H3. The van der Waals surface area contributed by atoms with E-state index in [4.69, 9.17) is 9.47 Å². The van der Waals surface area contributed by atoms with E-state index in [1.165, 1.54) is 51.8 Å². The number of halogens is 1. The van der Waals surface area contributed by atoms with E-state index in [1.807, 2.05) is 12.1 Å². The van der Waals surface area contributed by atoms with Gasteiger partial charge in [0.25, 0.3) is 0 Å². The molecule has 0 unspecified atom stereocenters. The van der Waals surface area contributed by atoms with Crippen molar-refractivity contribution in [3.8, 4) is 33.8 Å². The lowest BCUT2D eigenvalue weighted by Gasteiger charge is -2.29. The highest BCUT2D eigenvalue weighted by Crippen LogP contribution is 2.50. The Balaban J connectivity index is 2.48. The van der Waals surface area contributed by atoms with Gasteiger partial charge in [-0.05, 0) is 104 Å². The van der Waals surface area contributed by atoms with Gasteiger partial charge >= 0.3 is 0 Å². The van der Waals surface area contributed by atoms with Crippen LogP contribution in [0.15, 0.2) is 42.5 Å². The molecular weight excluding hydrogens is 555 g/mol. The molecule has 0 saturated heterocycles. The molecular formula is C33H43IO2. The molecule has 3 aromatic carbocycles. The Bertz CT molecular complexity index is 1170. The van der Waals surface area contributed by atoms with Crippen molar-refractivity contribution in [3.05, 3.63) is 68.3 Å². The molecule has 0 spiro atoms. The third-order valence-electron chi connectivity index (χ3n) is 7.07. The molecule has 0 aliphatic carbocycles. The quantitative estimate of drug-likeness (QED) is 0.216. The van der Waals surface area contributed by atoms with E-state index in [2.05, 4.69) is 101 Å². The van der Waals surface area contributed by atoms with Crippen LogP contribution in [-0.2, 0) is 6.42 Å². The number of benzene rings is 3. The summed E-state index contributed by atoms with van der Waals surface area (Å²) in [5.74, 6) is 2.88. The number of aryl methyl sites for hydroxylation is 1. The highest BCUT2D eigenvalue weighted by molar-refractivity contribution is 14.1. The molecule has 3 aromatic rings. The van der Waals surface area contributed by atoms with Crippen LogP contribution in [-0.4, -0.2) is 14.2 Å². The first-order valence-corrected chi connectivity index (χ1v) is 14.4. The van der Waals surface area contributed by atoms with Gasteiger partial charge in [-0.2, -0.15) is 0 Å². The smallest absolute Gasteiger partial charge is 0.133 e.